The van der Waals surface area contributed by atoms with Crippen LogP contribution in [0.4, 0.5) is 14.5 Å². The summed E-state index contributed by atoms with van der Waals surface area (Å²) >= 11 is 0. The molecular formula is C18H18F2N4O4. The van der Waals surface area contributed by atoms with Crippen molar-refractivity contribution in [1.82, 2.24) is 4.57 Å². The molecular weight excluding hydrogens is 374 g/mol. The van der Waals surface area contributed by atoms with E-state index >= 15 is 4.39 Å². The minimum Gasteiger partial charge on any atom is -0.477 e. The zero-order valence-corrected chi connectivity index (χ0v) is 15.0. The van der Waals surface area contributed by atoms with Crippen LogP contribution in [0.25, 0.3) is 10.9 Å². The number of hydrogen-bond acceptors (Lipinski definition) is 6. The Kier molecular flexibility index (Phi) is 4.30. The van der Waals surface area contributed by atoms with Gasteiger partial charge in [-0.15, -0.1) is 0 Å². The van der Waals surface area contributed by atoms with Crippen molar-refractivity contribution in [3.8, 4) is 0 Å². The summed E-state index contributed by atoms with van der Waals surface area (Å²) in [5.41, 5.74) is 4.56. The molecule has 148 valence electrons. The predicted octanol–water partition coefficient (Wildman–Crippen LogP) is 1.46. The summed E-state index contributed by atoms with van der Waals surface area (Å²) in [5.74, 6) is -3.31. The molecule has 0 amide bonds. The number of hydrogen-bond donors (Lipinski definition) is 2. The molecule has 1 atom stereocenters. The molecule has 1 unspecified atom stereocenters. The number of rotatable bonds is 4. The van der Waals surface area contributed by atoms with Gasteiger partial charge in [-0.2, -0.15) is 0 Å². The normalized spacial score (nSPS) is 20.9. The lowest BCUT2D eigenvalue weighted by Crippen LogP contribution is -2.30. The van der Waals surface area contributed by atoms with Crippen LogP contribution >= 0.6 is 0 Å². The van der Waals surface area contributed by atoms with E-state index in [9.17, 15) is 19.1 Å². The van der Waals surface area contributed by atoms with E-state index in [0.717, 1.165) is 25.1 Å². The second-order valence-corrected chi connectivity index (χ2v) is 6.98. The van der Waals surface area contributed by atoms with Gasteiger partial charge in [0, 0.05) is 18.8 Å². The Balaban J connectivity index is 1.95. The highest BCUT2D eigenvalue weighted by molar-refractivity contribution is 5.98. The Morgan fingerprint density at radius 1 is 1.39 bits per heavy atom. The maximum absolute atomic E-state index is 15.5. The number of aromatic carboxylic acids is 1. The molecule has 3 N–H and O–H groups in total. The SMILES string of the molecule is CO/N=C1/CN(c2c(F)cc3c(=O)c(C(=O)O)cn(C4CC4)c3c2F)CC1N. The van der Waals surface area contributed by atoms with Crippen LogP contribution < -0.4 is 16.1 Å². The number of benzene rings is 1. The van der Waals surface area contributed by atoms with E-state index in [1.807, 2.05) is 0 Å². The number of nitrogens with zero attached hydrogens (tertiary/aromatic N) is 3. The third-order valence-electron chi connectivity index (χ3n) is 5.08. The van der Waals surface area contributed by atoms with Crippen LogP contribution in [-0.2, 0) is 4.84 Å². The Labute approximate surface area is 157 Å². The molecule has 2 heterocycles. The highest BCUT2D eigenvalue weighted by Crippen LogP contribution is 2.39. The first-order valence-corrected chi connectivity index (χ1v) is 8.74. The van der Waals surface area contributed by atoms with Gasteiger partial charge in [0.05, 0.1) is 29.2 Å². The van der Waals surface area contributed by atoms with E-state index < -0.39 is 34.6 Å². The summed E-state index contributed by atoms with van der Waals surface area (Å²) < 4.78 is 31.8. The van der Waals surface area contributed by atoms with E-state index in [-0.39, 0.29) is 35.7 Å². The fourth-order valence-electron chi connectivity index (χ4n) is 3.62. The average molecular weight is 392 g/mol. The minimum atomic E-state index is -1.43. The average Bonchev–Trinajstić information content (AvgIpc) is 3.41. The molecule has 1 aromatic carbocycles. The number of anilines is 1. The van der Waals surface area contributed by atoms with Crippen molar-refractivity contribution in [2.45, 2.75) is 24.9 Å². The van der Waals surface area contributed by atoms with Crippen molar-refractivity contribution in [2.75, 3.05) is 25.1 Å². The molecule has 8 nitrogen and oxygen atoms in total. The number of halogens is 2. The molecule has 10 heteroatoms. The third-order valence-corrected chi connectivity index (χ3v) is 5.08. The number of oxime groups is 1. The monoisotopic (exact) mass is 392 g/mol. The molecule has 0 spiro atoms. The molecule has 0 bridgehead atoms. The lowest BCUT2D eigenvalue weighted by molar-refractivity contribution is 0.0695. The third kappa shape index (κ3) is 2.80. The van der Waals surface area contributed by atoms with Gasteiger partial charge in [0.25, 0.3) is 0 Å². The highest BCUT2D eigenvalue weighted by Gasteiger charge is 2.34. The summed E-state index contributed by atoms with van der Waals surface area (Å²) in [7, 11) is 1.36. The van der Waals surface area contributed by atoms with Gasteiger partial charge in [0.1, 0.15) is 24.2 Å². The van der Waals surface area contributed by atoms with E-state index in [1.165, 1.54) is 16.6 Å². The van der Waals surface area contributed by atoms with E-state index in [1.54, 1.807) is 0 Å². The van der Waals surface area contributed by atoms with Crippen molar-refractivity contribution in [3.05, 3.63) is 39.7 Å². The van der Waals surface area contributed by atoms with Gasteiger partial charge in [-0.05, 0) is 18.9 Å². The van der Waals surface area contributed by atoms with Crippen LogP contribution in [0.15, 0.2) is 22.2 Å². The van der Waals surface area contributed by atoms with Crippen LogP contribution in [0.3, 0.4) is 0 Å². The molecule has 2 aromatic rings. The quantitative estimate of drug-likeness (QED) is 0.763. The van der Waals surface area contributed by atoms with E-state index in [2.05, 4.69) is 5.16 Å². The van der Waals surface area contributed by atoms with E-state index in [0.29, 0.717) is 5.71 Å². The molecule has 1 aliphatic heterocycles. The van der Waals surface area contributed by atoms with Gasteiger partial charge in [0.15, 0.2) is 5.82 Å². The highest BCUT2D eigenvalue weighted by atomic mass is 19.1. The van der Waals surface area contributed by atoms with Gasteiger partial charge >= 0.3 is 5.97 Å². The minimum absolute atomic E-state index is 0.0786. The number of carboxylic acids is 1. The molecule has 2 fully saturated rings. The Hall–Kier alpha value is -3.01. The molecule has 4 rings (SSSR count). The largest absolute Gasteiger partial charge is 0.477 e. The van der Waals surface area contributed by atoms with Gasteiger partial charge in [-0.25, -0.2) is 13.6 Å². The van der Waals surface area contributed by atoms with Gasteiger partial charge < -0.3 is 25.1 Å². The first kappa shape index (κ1) is 18.4. The molecule has 1 saturated carbocycles. The van der Waals surface area contributed by atoms with Crippen LogP contribution in [0.1, 0.15) is 29.2 Å². The lowest BCUT2D eigenvalue weighted by Gasteiger charge is -2.21. The van der Waals surface area contributed by atoms with Gasteiger partial charge in [-0.1, -0.05) is 5.16 Å². The number of fused-ring (bicyclic) bond motifs is 1. The van der Waals surface area contributed by atoms with Crippen LogP contribution in [0, 0.1) is 11.6 Å². The van der Waals surface area contributed by atoms with E-state index in [4.69, 9.17) is 10.6 Å². The van der Waals surface area contributed by atoms with Crippen molar-refractivity contribution in [3.63, 3.8) is 0 Å². The lowest BCUT2D eigenvalue weighted by atomic mass is 10.1. The smallest absolute Gasteiger partial charge is 0.341 e. The summed E-state index contributed by atoms with van der Waals surface area (Å²) in [6.07, 6.45) is 2.59. The standard InChI is InChI=1S/C18H18F2N4O4/c1-28-22-13-7-23(6-12(13)21)16-11(19)4-9-15(14(16)20)24(8-2-3-8)5-10(17(9)25)18(26)27/h4-5,8,12H,2-3,6-7,21H2,1H3,(H,26,27)/b22-13-. The summed E-state index contributed by atoms with van der Waals surface area (Å²) in [4.78, 5) is 30.0. The Morgan fingerprint density at radius 3 is 2.71 bits per heavy atom. The van der Waals surface area contributed by atoms with Gasteiger partial charge in [-0.3, -0.25) is 4.79 Å². The van der Waals surface area contributed by atoms with Crippen molar-refractivity contribution < 1.29 is 23.5 Å². The zero-order valence-electron chi connectivity index (χ0n) is 15.0. The summed E-state index contributed by atoms with van der Waals surface area (Å²) in [6.45, 7) is 0.206. The van der Waals surface area contributed by atoms with Crippen molar-refractivity contribution >= 4 is 28.3 Å². The number of pyridine rings is 1. The maximum atomic E-state index is 15.5. The van der Waals surface area contributed by atoms with Gasteiger partial charge in [0.2, 0.25) is 5.43 Å². The second-order valence-electron chi connectivity index (χ2n) is 6.98. The number of aromatic nitrogens is 1. The molecule has 1 saturated heterocycles. The summed E-state index contributed by atoms with van der Waals surface area (Å²) in [6, 6.07) is 0.230. The second kappa shape index (κ2) is 6.55. The molecule has 1 aromatic heterocycles. The van der Waals surface area contributed by atoms with Crippen molar-refractivity contribution in [1.29, 1.82) is 0 Å². The van der Waals surface area contributed by atoms with Crippen LogP contribution in [-0.4, -0.2) is 47.6 Å². The maximum Gasteiger partial charge on any atom is 0.341 e. The first-order valence-electron chi connectivity index (χ1n) is 8.74. The Morgan fingerprint density at radius 2 is 2.11 bits per heavy atom. The molecule has 1 aliphatic carbocycles. The molecule has 28 heavy (non-hydrogen) atoms. The number of carbonyl (C=O) groups is 1. The molecule has 2 aliphatic rings. The first-order chi connectivity index (χ1) is 13.3. The topological polar surface area (TPSA) is 110 Å². The fraction of sp³-hybridized carbons (Fsp3) is 0.389. The van der Waals surface area contributed by atoms with Crippen LogP contribution in [0.5, 0.6) is 0 Å². The van der Waals surface area contributed by atoms with Crippen LogP contribution in [0.2, 0.25) is 0 Å². The number of nitrogens with two attached hydrogens (primary N) is 1. The fourth-order valence-corrected chi connectivity index (χ4v) is 3.62. The summed E-state index contributed by atoms with van der Waals surface area (Å²) in [5, 5.41) is 12.8. The zero-order chi connectivity index (χ0) is 20.2. The molecule has 0 radical (unpaired) electrons. The number of carboxylic acid groups (broad SMARTS) is 1. The van der Waals surface area contributed by atoms with Crippen molar-refractivity contribution in [2.24, 2.45) is 10.9 Å². The predicted molar refractivity (Wildman–Crippen MR) is 98.0 cm³/mol. The Bertz CT molecular complexity index is 1080.